The summed E-state index contributed by atoms with van der Waals surface area (Å²) in [6.45, 7) is 9.56. The summed E-state index contributed by atoms with van der Waals surface area (Å²) in [7, 11) is 0. The third-order valence-corrected chi connectivity index (χ3v) is 7.94. The van der Waals surface area contributed by atoms with E-state index in [9.17, 15) is 0 Å². The second-order valence-corrected chi connectivity index (χ2v) is 11.1. The summed E-state index contributed by atoms with van der Waals surface area (Å²) in [5, 5.41) is 7.20. The van der Waals surface area contributed by atoms with E-state index in [0.717, 1.165) is 37.8 Å². The summed E-state index contributed by atoms with van der Waals surface area (Å²) >= 11 is 5.65. The Morgan fingerprint density at radius 3 is 2.14 bits per heavy atom. The lowest BCUT2D eigenvalue weighted by atomic mass is 10.0. The minimum Gasteiger partial charge on any atom is -0.372 e. The van der Waals surface area contributed by atoms with Crippen molar-refractivity contribution in [3.63, 3.8) is 0 Å². The minimum absolute atomic E-state index is 0.560. The molecule has 2 aromatic rings. The lowest BCUT2D eigenvalue weighted by Crippen LogP contribution is -2.36. The van der Waals surface area contributed by atoms with E-state index in [4.69, 9.17) is 22.2 Å². The van der Waals surface area contributed by atoms with Gasteiger partial charge in [0, 0.05) is 57.6 Å². The van der Waals surface area contributed by atoms with Crippen molar-refractivity contribution in [2.75, 3.05) is 59.3 Å². The maximum atomic E-state index is 5.65. The maximum Gasteiger partial charge on any atom is 0.232 e. The molecule has 3 aliphatic heterocycles. The third-order valence-electron chi connectivity index (χ3n) is 7.70. The Balaban J connectivity index is 1.25. The summed E-state index contributed by atoms with van der Waals surface area (Å²) in [5.74, 6) is 3.31. The van der Waals surface area contributed by atoms with Gasteiger partial charge >= 0.3 is 0 Å². The number of nitrogens with one attached hydrogen (secondary N) is 2. The first-order chi connectivity index (χ1) is 17.6. The molecule has 36 heavy (non-hydrogen) atoms. The van der Waals surface area contributed by atoms with E-state index >= 15 is 0 Å². The molecule has 0 spiro atoms. The van der Waals surface area contributed by atoms with Crippen molar-refractivity contribution < 1.29 is 0 Å². The molecule has 8 heteroatoms. The molecule has 7 nitrogen and oxygen atoms in total. The van der Waals surface area contributed by atoms with Gasteiger partial charge in [-0.3, -0.25) is 0 Å². The van der Waals surface area contributed by atoms with E-state index in [1.165, 1.54) is 75.7 Å². The molecular formula is C28H41N7S. The van der Waals surface area contributed by atoms with Crippen LogP contribution in [0.25, 0.3) is 0 Å². The van der Waals surface area contributed by atoms with Gasteiger partial charge in [0.05, 0.1) is 0 Å². The Bertz CT molecular complexity index is 977. The van der Waals surface area contributed by atoms with Crippen LogP contribution in [0.2, 0.25) is 0 Å². The quantitative estimate of drug-likeness (QED) is 0.519. The van der Waals surface area contributed by atoms with Gasteiger partial charge in [-0.15, -0.1) is 0 Å². The van der Waals surface area contributed by atoms with Gasteiger partial charge in [0.25, 0.3) is 0 Å². The lowest BCUT2D eigenvalue weighted by molar-refractivity contribution is 0.444. The smallest absolute Gasteiger partial charge is 0.232 e. The van der Waals surface area contributed by atoms with Crippen molar-refractivity contribution in [3.8, 4) is 0 Å². The Morgan fingerprint density at radius 2 is 1.44 bits per heavy atom. The molecule has 1 atom stereocenters. The highest BCUT2D eigenvalue weighted by Gasteiger charge is 2.21. The molecule has 0 bridgehead atoms. The molecule has 0 aliphatic carbocycles. The van der Waals surface area contributed by atoms with Crippen LogP contribution < -0.4 is 25.3 Å². The van der Waals surface area contributed by atoms with Crippen molar-refractivity contribution >= 4 is 40.6 Å². The first kappa shape index (κ1) is 25.1. The van der Waals surface area contributed by atoms with Crippen LogP contribution in [0.1, 0.15) is 63.9 Å². The van der Waals surface area contributed by atoms with Gasteiger partial charge < -0.3 is 25.3 Å². The van der Waals surface area contributed by atoms with E-state index in [-0.39, 0.29) is 0 Å². The van der Waals surface area contributed by atoms with E-state index in [2.05, 4.69) is 62.6 Å². The molecule has 2 N–H and O–H groups in total. The molecule has 4 heterocycles. The SMILES string of the molecule is C[C@@H]1CCCN(c2cc(N3CCCCCC3)nc(NC(=S)NCc3ccc(N4CCCC4)cc3)n2)C1. The van der Waals surface area contributed by atoms with Crippen LogP contribution in [0, 0.1) is 5.92 Å². The van der Waals surface area contributed by atoms with Crippen LogP contribution >= 0.6 is 12.2 Å². The third kappa shape index (κ3) is 6.58. The summed E-state index contributed by atoms with van der Waals surface area (Å²) in [6, 6.07) is 11.0. The molecule has 0 radical (unpaired) electrons. The van der Waals surface area contributed by atoms with Crippen LogP contribution in [0.3, 0.4) is 0 Å². The number of aromatic nitrogens is 2. The Morgan fingerprint density at radius 1 is 0.833 bits per heavy atom. The van der Waals surface area contributed by atoms with Crippen molar-refractivity contribution in [2.45, 2.75) is 64.8 Å². The molecule has 5 rings (SSSR count). The lowest BCUT2D eigenvalue weighted by Gasteiger charge is -2.33. The van der Waals surface area contributed by atoms with Crippen molar-refractivity contribution in [1.29, 1.82) is 0 Å². The fourth-order valence-corrected chi connectivity index (χ4v) is 5.79. The highest BCUT2D eigenvalue weighted by atomic mass is 32.1. The summed E-state index contributed by atoms with van der Waals surface area (Å²) in [5.41, 5.74) is 2.53. The molecule has 3 aliphatic rings. The Kier molecular flexibility index (Phi) is 8.41. The Labute approximate surface area is 221 Å². The predicted octanol–water partition coefficient (Wildman–Crippen LogP) is 5.18. The van der Waals surface area contributed by atoms with Gasteiger partial charge in [-0.25, -0.2) is 0 Å². The zero-order valence-electron chi connectivity index (χ0n) is 21.7. The molecule has 3 saturated heterocycles. The predicted molar refractivity (Wildman–Crippen MR) is 154 cm³/mol. The zero-order valence-corrected chi connectivity index (χ0v) is 22.5. The van der Waals surface area contributed by atoms with Crippen molar-refractivity contribution in [2.24, 2.45) is 5.92 Å². The molecular weight excluding hydrogens is 466 g/mol. The van der Waals surface area contributed by atoms with Crippen LogP contribution in [0.4, 0.5) is 23.3 Å². The number of hydrogen-bond acceptors (Lipinski definition) is 6. The van der Waals surface area contributed by atoms with Crippen molar-refractivity contribution in [1.82, 2.24) is 15.3 Å². The zero-order chi connectivity index (χ0) is 24.7. The molecule has 1 aromatic carbocycles. The number of benzene rings is 1. The summed E-state index contributed by atoms with van der Waals surface area (Å²) in [4.78, 5) is 17.1. The molecule has 0 unspecified atom stereocenters. The summed E-state index contributed by atoms with van der Waals surface area (Å²) in [6.07, 6.45) is 10.1. The van der Waals surface area contributed by atoms with E-state index < -0.39 is 0 Å². The molecule has 3 fully saturated rings. The second-order valence-electron chi connectivity index (χ2n) is 10.7. The fraction of sp³-hybridized carbons (Fsp3) is 0.607. The van der Waals surface area contributed by atoms with Crippen LogP contribution in [0.5, 0.6) is 0 Å². The monoisotopic (exact) mass is 507 g/mol. The maximum absolute atomic E-state index is 5.65. The Hall–Kier alpha value is -2.61. The van der Waals surface area contributed by atoms with E-state index in [0.29, 0.717) is 23.5 Å². The van der Waals surface area contributed by atoms with Gasteiger partial charge in [-0.2, -0.15) is 9.97 Å². The largest absolute Gasteiger partial charge is 0.372 e. The molecule has 0 amide bonds. The number of anilines is 4. The average Bonchev–Trinajstić information content (AvgIpc) is 3.30. The number of nitrogens with zero attached hydrogens (tertiary/aromatic N) is 5. The number of hydrogen-bond donors (Lipinski definition) is 2. The van der Waals surface area contributed by atoms with E-state index in [1.807, 2.05) is 0 Å². The van der Waals surface area contributed by atoms with Gasteiger partial charge in [0.15, 0.2) is 5.11 Å². The minimum atomic E-state index is 0.560. The number of thiocarbonyl (C=S) groups is 1. The summed E-state index contributed by atoms with van der Waals surface area (Å²) < 4.78 is 0. The average molecular weight is 508 g/mol. The second kappa shape index (κ2) is 12.1. The number of piperidine rings is 1. The highest BCUT2D eigenvalue weighted by Crippen LogP contribution is 2.27. The molecule has 0 saturated carbocycles. The normalized spacial score (nSPS) is 20.8. The van der Waals surface area contributed by atoms with Gasteiger partial charge in [-0.05, 0) is 74.4 Å². The molecule has 1 aromatic heterocycles. The first-order valence-corrected chi connectivity index (χ1v) is 14.3. The van der Waals surface area contributed by atoms with Crippen LogP contribution in [0.15, 0.2) is 30.3 Å². The highest BCUT2D eigenvalue weighted by molar-refractivity contribution is 7.80. The topological polar surface area (TPSA) is 59.6 Å². The first-order valence-electron chi connectivity index (χ1n) is 13.9. The number of rotatable bonds is 6. The van der Waals surface area contributed by atoms with Gasteiger partial charge in [0.1, 0.15) is 11.6 Å². The fourth-order valence-electron chi connectivity index (χ4n) is 5.63. The van der Waals surface area contributed by atoms with Gasteiger partial charge in [0.2, 0.25) is 5.95 Å². The van der Waals surface area contributed by atoms with Crippen LogP contribution in [-0.2, 0) is 6.54 Å². The van der Waals surface area contributed by atoms with Crippen LogP contribution in [-0.4, -0.2) is 54.3 Å². The standard InChI is InChI=1S/C28H41N7S/c1-22-9-8-18-35(21-22)26-19-25(34-16-4-2-3-5-17-34)30-27(31-26)32-28(36)29-20-23-10-12-24(13-11-23)33-14-6-7-15-33/h10-13,19,22H,2-9,14-18,20-21H2,1H3,(H2,29,30,31,32,36)/t22-/m1/s1. The van der Waals surface area contributed by atoms with E-state index in [1.54, 1.807) is 0 Å². The van der Waals surface area contributed by atoms with Crippen molar-refractivity contribution in [3.05, 3.63) is 35.9 Å². The molecule has 194 valence electrons. The van der Waals surface area contributed by atoms with Gasteiger partial charge in [-0.1, -0.05) is 31.9 Å².